The Labute approximate surface area is 75.1 Å². The number of hydrogen-bond acceptors (Lipinski definition) is 2. The van der Waals surface area contributed by atoms with Crippen LogP contribution >= 0.6 is 0 Å². The van der Waals surface area contributed by atoms with E-state index < -0.39 is 0 Å². The minimum Gasteiger partial charge on any atom is -0.326 e. The molecule has 2 rings (SSSR count). The Morgan fingerprint density at radius 1 is 1.25 bits per heavy atom. The second kappa shape index (κ2) is 2.71. The summed E-state index contributed by atoms with van der Waals surface area (Å²) >= 11 is 0. The summed E-state index contributed by atoms with van der Waals surface area (Å²) in [7, 11) is 0. The number of nitrogens with two attached hydrogens (primary N) is 1. The summed E-state index contributed by atoms with van der Waals surface area (Å²) in [6.07, 6.45) is 3.90. The molecule has 12 heavy (non-hydrogen) atoms. The lowest BCUT2D eigenvalue weighted by atomic mass is 9.82. The third-order valence-corrected chi connectivity index (χ3v) is 3.26. The van der Waals surface area contributed by atoms with Crippen molar-refractivity contribution in [3.8, 4) is 0 Å². The maximum atomic E-state index is 6.04. The van der Waals surface area contributed by atoms with Gasteiger partial charge in [0.15, 0.2) is 0 Å². The van der Waals surface area contributed by atoms with Crippen LogP contribution in [0.3, 0.4) is 0 Å². The van der Waals surface area contributed by atoms with E-state index in [9.17, 15) is 0 Å². The third kappa shape index (κ3) is 1.38. The lowest BCUT2D eigenvalue weighted by Gasteiger charge is -2.50. The van der Waals surface area contributed by atoms with Crippen molar-refractivity contribution >= 4 is 0 Å². The van der Waals surface area contributed by atoms with Gasteiger partial charge in [-0.05, 0) is 18.3 Å². The van der Waals surface area contributed by atoms with Crippen LogP contribution in [0.4, 0.5) is 0 Å². The van der Waals surface area contributed by atoms with Crippen LogP contribution < -0.4 is 5.73 Å². The standard InChI is InChI=1S/C10H20N2/c1-10(2)6-12(7-10)9-5-3-4-8(9)11/h8-9H,3-7,11H2,1-2H3. The zero-order chi connectivity index (χ0) is 8.77. The fraction of sp³-hybridized carbons (Fsp3) is 1.00. The molecule has 0 amide bonds. The fourth-order valence-corrected chi connectivity index (χ4v) is 2.71. The van der Waals surface area contributed by atoms with E-state index in [1.165, 1.54) is 32.4 Å². The summed E-state index contributed by atoms with van der Waals surface area (Å²) in [5, 5.41) is 0. The van der Waals surface area contributed by atoms with Gasteiger partial charge < -0.3 is 5.73 Å². The van der Waals surface area contributed by atoms with Crippen LogP contribution in [0.15, 0.2) is 0 Å². The number of rotatable bonds is 1. The Hall–Kier alpha value is -0.0800. The molecule has 1 aliphatic carbocycles. The van der Waals surface area contributed by atoms with Crippen molar-refractivity contribution in [3.63, 3.8) is 0 Å². The van der Waals surface area contributed by atoms with E-state index in [0.717, 1.165) is 0 Å². The first-order valence-electron chi connectivity index (χ1n) is 5.08. The van der Waals surface area contributed by atoms with Crippen LogP contribution in [-0.2, 0) is 0 Å². The topological polar surface area (TPSA) is 29.3 Å². The second-order valence-electron chi connectivity index (χ2n) is 5.23. The molecule has 0 spiro atoms. The quantitative estimate of drug-likeness (QED) is 0.637. The molecule has 1 saturated carbocycles. The van der Waals surface area contributed by atoms with Gasteiger partial charge in [0, 0.05) is 25.2 Å². The SMILES string of the molecule is CC1(C)CN(C2CCCC2N)C1. The largest absolute Gasteiger partial charge is 0.326 e. The molecule has 2 unspecified atom stereocenters. The summed E-state index contributed by atoms with van der Waals surface area (Å²) in [6.45, 7) is 7.19. The van der Waals surface area contributed by atoms with Crippen LogP contribution in [0, 0.1) is 5.41 Å². The average molecular weight is 168 g/mol. The molecule has 2 aliphatic rings. The molecule has 2 fully saturated rings. The predicted molar refractivity (Wildman–Crippen MR) is 51.0 cm³/mol. The molecular formula is C10H20N2. The van der Waals surface area contributed by atoms with Crippen LogP contribution in [0.5, 0.6) is 0 Å². The minimum absolute atomic E-state index is 0.459. The van der Waals surface area contributed by atoms with Gasteiger partial charge in [-0.2, -0.15) is 0 Å². The lowest BCUT2D eigenvalue weighted by molar-refractivity contribution is -0.00831. The normalized spacial score (nSPS) is 41.2. The van der Waals surface area contributed by atoms with Gasteiger partial charge in [-0.3, -0.25) is 4.90 Å². The molecule has 1 heterocycles. The van der Waals surface area contributed by atoms with Gasteiger partial charge in [0.25, 0.3) is 0 Å². The maximum absolute atomic E-state index is 6.04. The van der Waals surface area contributed by atoms with E-state index in [4.69, 9.17) is 5.73 Å². The monoisotopic (exact) mass is 168 g/mol. The molecule has 70 valence electrons. The van der Waals surface area contributed by atoms with Gasteiger partial charge in [-0.15, -0.1) is 0 Å². The van der Waals surface area contributed by atoms with Gasteiger partial charge in [-0.1, -0.05) is 20.3 Å². The fourth-order valence-electron chi connectivity index (χ4n) is 2.71. The molecule has 2 nitrogen and oxygen atoms in total. The van der Waals surface area contributed by atoms with E-state index in [1.807, 2.05) is 0 Å². The van der Waals surface area contributed by atoms with Crippen molar-refractivity contribution < 1.29 is 0 Å². The van der Waals surface area contributed by atoms with E-state index in [2.05, 4.69) is 18.7 Å². The van der Waals surface area contributed by atoms with E-state index in [-0.39, 0.29) is 0 Å². The minimum atomic E-state index is 0.459. The second-order valence-corrected chi connectivity index (χ2v) is 5.23. The molecule has 1 aliphatic heterocycles. The zero-order valence-electron chi connectivity index (χ0n) is 8.21. The first kappa shape index (κ1) is 8.52. The zero-order valence-corrected chi connectivity index (χ0v) is 8.21. The van der Waals surface area contributed by atoms with Crippen molar-refractivity contribution in [1.82, 2.24) is 4.90 Å². The van der Waals surface area contributed by atoms with E-state index >= 15 is 0 Å². The summed E-state index contributed by atoms with van der Waals surface area (Å²) in [5.41, 5.74) is 6.59. The smallest absolute Gasteiger partial charge is 0.0247 e. The van der Waals surface area contributed by atoms with Crippen LogP contribution in [0.2, 0.25) is 0 Å². The van der Waals surface area contributed by atoms with Gasteiger partial charge in [0.05, 0.1) is 0 Å². The van der Waals surface area contributed by atoms with Gasteiger partial charge in [-0.25, -0.2) is 0 Å². The van der Waals surface area contributed by atoms with Gasteiger partial charge >= 0.3 is 0 Å². The Kier molecular flexibility index (Phi) is 1.92. The van der Waals surface area contributed by atoms with Crippen LogP contribution in [0.25, 0.3) is 0 Å². The van der Waals surface area contributed by atoms with Crippen molar-refractivity contribution in [2.45, 2.75) is 45.2 Å². The van der Waals surface area contributed by atoms with Crippen molar-refractivity contribution in [2.24, 2.45) is 11.1 Å². The summed E-state index contributed by atoms with van der Waals surface area (Å²) in [6, 6.07) is 1.17. The maximum Gasteiger partial charge on any atom is 0.0247 e. The Balaban J connectivity index is 1.87. The molecule has 0 aromatic heterocycles. The van der Waals surface area contributed by atoms with E-state index in [1.54, 1.807) is 0 Å². The van der Waals surface area contributed by atoms with Crippen LogP contribution in [-0.4, -0.2) is 30.1 Å². The highest BCUT2D eigenvalue weighted by Crippen LogP contribution is 2.35. The molecule has 2 N–H and O–H groups in total. The number of likely N-dealkylation sites (tertiary alicyclic amines) is 1. The molecule has 0 bridgehead atoms. The highest BCUT2D eigenvalue weighted by molar-refractivity contribution is 4.97. The molecular weight excluding hydrogens is 148 g/mol. The van der Waals surface area contributed by atoms with Crippen molar-refractivity contribution in [1.29, 1.82) is 0 Å². The Bertz CT molecular complexity index is 169. The third-order valence-electron chi connectivity index (χ3n) is 3.26. The highest BCUT2D eigenvalue weighted by Gasteiger charge is 2.41. The first-order valence-corrected chi connectivity index (χ1v) is 5.08. The lowest BCUT2D eigenvalue weighted by Crippen LogP contribution is -2.60. The summed E-state index contributed by atoms with van der Waals surface area (Å²) in [4.78, 5) is 2.57. The summed E-state index contributed by atoms with van der Waals surface area (Å²) in [5.74, 6) is 0. The molecule has 1 saturated heterocycles. The number of nitrogens with zero attached hydrogens (tertiary/aromatic N) is 1. The van der Waals surface area contributed by atoms with Crippen molar-refractivity contribution in [2.75, 3.05) is 13.1 Å². The Morgan fingerprint density at radius 3 is 2.33 bits per heavy atom. The predicted octanol–water partition coefficient (Wildman–Crippen LogP) is 1.21. The van der Waals surface area contributed by atoms with Gasteiger partial charge in [0.2, 0.25) is 0 Å². The Morgan fingerprint density at radius 2 is 1.92 bits per heavy atom. The molecule has 0 aromatic carbocycles. The average Bonchev–Trinajstić information content (AvgIpc) is 2.30. The molecule has 0 aromatic rings. The highest BCUT2D eigenvalue weighted by atomic mass is 15.2. The van der Waals surface area contributed by atoms with E-state index in [0.29, 0.717) is 17.5 Å². The number of hydrogen-bond donors (Lipinski definition) is 1. The van der Waals surface area contributed by atoms with Crippen molar-refractivity contribution in [3.05, 3.63) is 0 Å². The summed E-state index contributed by atoms with van der Waals surface area (Å²) < 4.78 is 0. The van der Waals surface area contributed by atoms with Crippen LogP contribution in [0.1, 0.15) is 33.1 Å². The van der Waals surface area contributed by atoms with Gasteiger partial charge in [0.1, 0.15) is 0 Å². The molecule has 2 heteroatoms. The molecule has 0 radical (unpaired) electrons. The molecule has 2 atom stereocenters. The first-order chi connectivity index (χ1) is 5.58.